The summed E-state index contributed by atoms with van der Waals surface area (Å²) in [5, 5.41) is 26.6. The molecule has 7 nitrogen and oxygen atoms in total. The van der Waals surface area contributed by atoms with E-state index in [1.165, 1.54) is 17.7 Å². The number of carbonyl (C=O) groups is 2. The summed E-state index contributed by atoms with van der Waals surface area (Å²) in [6, 6.07) is 17.4. The van der Waals surface area contributed by atoms with Crippen LogP contribution in [0.15, 0.2) is 60.7 Å². The van der Waals surface area contributed by atoms with Crippen LogP contribution in [0.25, 0.3) is 11.1 Å². The van der Waals surface area contributed by atoms with Crippen molar-refractivity contribution in [3.8, 4) is 11.1 Å². The van der Waals surface area contributed by atoms with Gasteiger partial charge in [-0.25, -0.2) is 9.59 Å². The number of rotatable bonds is 6. The highest BCUT2D eigenvalue weighted by Gasteiger charge is 2.22. The molecule has 1 aliphatic heterocycles. The molecule has 3 aromatic carbocycles. The number of hydrogen-bond donors (Lipinski definition) is 4. The van der Waals surface area contributed by atoms with Gasteiger partial charge in [-0.2, -0.15) is 0 Å². The SMILES string of the molecule is N=C(N)c1ccc2c(c1)N(Cc1ccccc1-c1ccc(C(=O)O)cc1C(=O)O)CC2. The number of aromatic carboxylic acids is 2. The fourth-order valence-electron chi connectivity index (χ4n) is 3.99. The van der Waals surface area contributed by atoms with Crippen LogP contribution < -0.4 is 10.6 Å². The third-order valence-corrected chi connectivity index (χ3v) is 5.55. The van der Waals surface area contributed by atoms with E-state index in [9.17, 15) is 19.8 Å². The lowest BCUT2D eigenvalue weighted by molar-refractivity contribution is 0.0696. The Morgan fingerprint density at radius 1 is 0.935 bits per heavy atom. The topological polar surface area (TPSA) is 128 Å². The van der Waals surface area contributed by atoms with Crippen molar-refractivity contribution in [1.82, 2.24) is 0 Å². The molecule has 0 radical (unpaired) electrons. The molecule has 0 atom stereocenters. The van der Waals surface area contributed by atoms with E-state index in [-0.39, 0.29) is 17.0 Å². The summed E-state index contributed by atoms with van der Waals surface area (Å²) in [5.41, 5.74) is 10.5. The molecule has 0 amide bonds. The molecule has 1 heterocycles. The summed E-state index contributed by atoms with van der Waals surface area (Å²) in [6.07, 6.45) is 0.878. The van der Waals surface area contributed by atoms with E-state index in [1.807, 2.05) is 42.5 Å². The zero-order valence-corrected chi connectivity index (χ0v) is 16.6. The first-order valence-electron chi connectivity index (χ1n) is 9.76. The summed E-state index contributed by atoms with van der Waals surface area (Å²) in [7, 11) is 0. The zero-order chi connectivity index (χ0) is 22.1. The molecule has 156 valence electrons. The lowest BCUT2D eigenvalue weighted by Gasteiger charge is -2.22. The van der Waals surface area contributed by atoms with Gasteiger partial charge in [0.15, 0.2) is 0 Å². The van der Waals surface area contributed by atoms with Gasteiger partial charge < -0.3 is 20.8 Å². The molecular weight excluding hydrogens is 394 g/mol. The number of amidine groups is 1. The summed E-state index contributed by atoms with van der Waals surface area (Å²) < 4.78 is 0. The Morgan fingerprint density at radius 3 is 2.39 bits per heavy atom. The number of nitrogen functional groups attached to an aromatic ring is 1. The Labute approximate surface area is 178 Å². The van der Waals surface area contributed by atoms with Crippen molar-refractivity contribution >= 4 is 23.5 Å². The van der Waals surface area contributed by atoms with Gasteiger partial charge in [-0.05, 0) is 46.9 Å². The first-order valence-corrected chi connectivity index (χ1v) is 9.76. The molecule has 4 rings (SSSR count). The van der Waals surface area contributed by atoms with Gasteiger partial charge >= 0.3 is 11.9 Å². The fraction of sp³-hybridized carbons (Fsp3) is 0.125. The minimum atomic E-state index is -1.18. The quantitative estimate of drug-likeness (QED) is 0.360. The number of hydrogen-bond acceptors (Lipinski definition) is 4. The highest BCUT2D eigenvalue weighted by atomic mass is 16.4. The lowest BCUT2D eigenvalue weighted by atomic mass is 9.93. The summed E-state index contributed by atoms with van der Waals surface area (Å²) in [4.78, 5) is 25.3. The van der Waals surface area contributed by atoms with E-state index < -0.39 is 11.9 Å². The third kappa shape index (κ3) is 3.85. The van der Waals surface area contributed by atoms with Crippen molar-refractivity contribution < 1.29 is 19.8 Å². The van der Waals surface area contributed by atoms with Gasteiger partial charge in [0.05, 0.1) is 11.1 Å². The molecule has 0 fully saturated rings. The average Bonchev–Trinajstić information content (AvgIpc) is 3.15. The van der Waals surface area contributed by atoms with E-state index in [2.05, 4.69) is 4.90 Å². The van der Waals surface area contributed by atoms with Gasteiger partial charge in [-0.15, -0.1) is 0 Å². The number of carboxylic acid groups (broad SMARTS) is 2. The van der Waals surface area contributed by atoms with Crippen molar-refractivity contribution in [2.75, 3.05) is 11.4 Å². The van der Waals surface area contributed by atoms with Crippen LogP contribution in [0.1, 0.15) is 37.4 Å². The molecule has 7 heteroatoms. The molecule has 0 bridgehead atoms. The van der Waals surface area contributed by atoms with E-state index in [1.54, 1.807) is 6.07 Å². The Morgan fingerprint density at radius 2 is 1.68 bits per heavy atom. The maximum absolute atomic E-state index is 11.9. The molecule has 0 saturated heterocycles. The molecule has 31 heavy (non-hydrogen) atoms. The molecule has 3 aromatic rings. The van der Waals surface area contributed by atoms with E-state index in [0.29, 0.717) is 17.7 Å². The molecular formula is C24H21N3O4. The van der Waals surface area contributed by atoms with Gasteiger partial charge in [-0.3, -0.25) is 5.41 Å². The summed E-state index contributed by atoms with van der Waals surface area (Å²) in [6.45, 7) is 1.35. The largest absolute Gasteiger partial charge is 0.478 e. The number of benzene rings is 3. The molecule has 0 spiro atoms. The lowest BCUT2D eigenvalue weighted by Crippen LogP contribution is -2.21. The van der Waals surface area contributed by atoms with Gasteiger partial charge in [0, 0.05) is 24.3 Å². The van der Waals surface area contributed by atoms with E-state index in [0.717, 1.165) is 29.8 Å². The normalized spacial score (nSPS) is 12.5. The Hall–Kier alpha value is -4.13. The fourth-order valence-corrected chi connectivity index (χ4v) is 3.99. The number of nitrogens with one attached hydrogen (secondary N) is 1. The van der Waals surface area contributed by atoms with Gasteiger partial charge in [0.2, 0.25) is 0 Å². The second-order valence-corrected chi connectivity index (χ2v) is 7.46. The van der Waals surface area contributed by atoms with Crippen LogP contribution >= 0.6 is 0 Å². The van der Waals surface area contributed by atoms with Crippen LogP contribution in [0.2, 0.25) is 0 Å². The van der Waals surface area contributed by atoms with Gasteiger partial charge in [0.25, 0.3) is 0 Å². The number of nitrogens with zero attached hydrogens (tertiary/aromatic N) is 1. The monoisotopic (exact) mass is 415 g/mol. The highest BCUT2D eigenvalue weighted by Crippen LogP contribution is 2.34. The maximum atomic E-state index is 11.9. The standard InChI is InChI=1S/C24H21N3O4/c25-22(26)15-6-5-14-9-10-27(21(14)12-15)13-17-3-1-2-4-18(17)19-8-7-16(23(28)29)11-20(19)24(30)31/h1-8,11-12H,9-10,13H2,(H3,25,26)(H,28,29)(H,30,31). The van der Waals surface area contributed by atoms with Crippen molar-refractivity contribution in [3.63, 3.8) is 0 Å². The van der Waals surface area contributed by atoms with Crippen LogP contribution in [0.3, 0.4) is 0 Å². The zero-order valence-electron chi connectivity index (χ0n) is 16.6. The minimum absolute atomic E-state index is 0.0136. The summed E-state index contributed by atoms with van der Waals surface area (Å²) >= 11 is 0. The van der Waals surface area contributed by atoms with Gasteiger partial charge in [0.1, 0.15) is 5.84 Å². The first-order chi connectivity index (χ1) is 14.8. The highest BCUT2D eigenvalue weighted by molar-refractivity contribution is 6.00. The van der Waals surface area contributed by atoms with Gasteiger partial charge in [-0.1, -0.05) is 42.5 Å². The smallest absolute Gasteiger partial charge is 0.336 e. The molecule has 5 N–H and O–H groups in total. The molecule has 0 saturated carbocycles. The second-order valence-electron chi connectivity index (χ2n) is 7.46. The van der Waals surface area contributed by atoms with Crippen molar-refractivity contribution in [3.05, 3.63) is 88.5 Å². The maximum Gasteiger partial charge on any atom is 0.336 e. The number of nitrogens with two attached hydrogens (primary N) is 1. The minimum Gasteiger partial charge on any atom is -0.478 e. The second kappa shape index (κ2) is 7.95. The molecule has 1 aliphatic rings. The number of fused-ring (bicyclic) bond motifs is 1. The van der Waals surface area contributed by atoms with Crippen LogP contribution in [0.4, 0.5) is 5.69 Å². The molecule has 0 unspecified atom stereocenters. The van der Waals surface area contributed by atoms with E-state index >= 15 is 0 Å². The predicted octanol–water partition coefficient (Wildman–Crippen LogP) is 3.60. The first kappa shape index (κ1) is 20.2. The summed E-state index contributed by atoms with van der Waals surface area (Å²) in [5.74, 6) is -2.33. The van der Waals surface area contributed by atoms with Crippen molar-refractivity contribution in [1.29, 1.82) is 5.41 Å². The van der Waals surface area contributed by atoms with Crippen molar-refractivity contribution in [2.45, 2.75) is 13.0 Å². The molecule has 0 aliphatic carbocycles. The van der Waals surface area contributed by atoms with Crippen LogP contribution in [-0.4, -0.2) is 34.5 Å². The Bertz CT molecular complexity index is 1220. The van der Waals surface area contributed by atoms with Crippen LogP contribution in [0, 0.1) is 5.41 Å². The Kier molecular flexibility index (Phi) is 5.17. The van der Waals surface area contributed by atoms with Crippen molar-refractivity contribution in [2.24, 2.45) is 5.73 Å². The number of carboxylic acids is 2. The van der Waals surface area contributed by atoms with Crippen LogP contribution in [-0.2, 0) is 13.0 Å². The van der Waals surface area contributed by atoms with Crippen LogP contribution in [0.5, 0.6) is 0 Å². The third-order valence-electron chi connectivity index (χ3n) is 5.55. The number of anilines is 1. The Balaban J connectivity index is 1.74. The molecule has 0 aromatic heterocycles. The average molecular weight is 415 g/mol. The predicted molar refractivity (Wildman–Crippen MR) is 118 cm³/mol. The van der Waals surface area contributed by atoms with E-state index in [4.69, 9.17) is 11.1 Å².